The van der Waals surface area contributed by atoms with Crippen molar-refractivity contribution in [3.8, 4) is 11.3 Å². The number of benzene rings is 1. The van der Waals surface area contributed by atoms with Gasteiger partial charge in [0.25, 0.3) is 0 Å². The minimum Gasteiger partial charge on any atom is -0.313 e. The third kappa shape index (κ3) is 2.91. The lowest BCUT2D eigenvalue weighted by molar-refractivity contribution is 0.628. The molecule has 0 atom stereocenters. The molecule has 0 saturated heterocycles. The second-order valence-electron chi connectivity index (χ2n) is 3.96. The molecule has 0 bridgehead atoms. The van der Waals surface area contributed by atoms with E-state index in [9.17, 15) is 4.39 Å². The lowest BCUT2D eigenvalue weighted by Crippen LogP contribution is -2.13. The van der Waals surface area contributed by atoms with E-state index in [2.05, 4.69) is 22.4 Å². The lowest BCUT2D eigenvalue weighted by atomic mass is 10.1. The molecule has 1 heterocycles. The highest BCUT2D eigenvalue weighted by atomic mass is 19.1. The van der Waals surface area contributed by atoms with Gasteiger partial charge in [-0.3, -0.25) is 5.10 Å². The van der Waals surface area contributed by atoms with Crippen LogP contribution in [-0.4, -0.2) is 16.7 Å². The third-order valence-electron chi connectivity index (χ3n) is 2.57. The van der Waals surface area contributed by atoms with Crippen molar-refractivity contribution < 1.29 is 4.39 Å². The summed E-state index contributed by atoms with van der Waals surface area (Å²) in [6, 6.07) is 6.53. The molecule has 2 N–H and O–H groups in total. The van der Waals surface area contributed by atoms with Gasteiger partial charge in [0.15, 0.2) is 0 Å². The molecule has 2 rings (SSSR count). The Hall–Kier alpha value is -1.68. The Morgan fingerprint density at radius 3 is 3.06 bits per heavy atom. The first-order valence-corrected chi connectivity index (χ1v) is 5.80. The van der Waals surface area contributed by atoms with Crippen LogP contribution >= 0.6 is 0 Å². The summed E-state index contributed by atoms with van der Waals surface area (Å²) in [7, 11) is 0. The van der Waals surface area contributed by atoms with Gasteiger partial charge < -0.3 is 5.32 Å². The van der Waals surface area contributed by atoms with Crippen LogP contribution in [0.25, 0.3) is 11.3 Å². The third-order valence-corrected chi connectivity index (χ3v) is 2.57. The van der Waals surface area contributed by atoms with E-state index in [0.29, 0.717) is 0 Å². The van der Waals surface area contributed by atoms with Gasteiger partial charge in [0.2, 0.25) is 0 Å². The predicted octanol–water partition coefficient (Wildman–Crippen LogP) is 2.72. The van der Waals surface area contributed by atoms with E-state index in [4.69, 9.17) is 0 Å². The van der Waals surface area contributed by atoms with Gasteiger partial charge in [-0.25, -0.2) is 4.39 Å². The summed E-state index contributed by atoms with van der Waals surface area (Å²) in [5, 5.41) is 10.2. The Bertz CT molecular complexity index is 479. The van der Waals surface area contributed by atoms with E-state index in [-0.39, 0.29) is 5.82 Å². The first-order chi connectivity index (χ1) is 8.31. The van der Waals surface area contributed by atoms with Crippen molar-refractivity contribution in [1.82, 2.24) is 15.5 Å². The van der Waals surface area contributed by atoms with Crippen molar-refractivity contribution in [3.05, 3.63) is 41.8 Å². The maximum absolute atomic E-state index is 13.1. The fourth-order valence-electron chi connectivity index (χ4n) is 1.74. The molecule has 1 aromatic heterocycles. The van der Waals surface area contributed by atoms with Crippen molar-refractivity contribution in [3.63, 3.8) is 0 Å². The van der Waals surface area contributed by atoms with Crippen LogP contribution < -0.4 is 5.32 Å². The molecule has 0 amide bonds. The standard InChI is InChI=1S/C13H16FN3/c1-2-6-15-8-11-9-16-17-13(11)10-4-3-5-12(14)7-10/h3-5,7,9,15H,2,6,8H2,1H3,(H,16,17). The second-order valence-corrected chi connectivity index (χ2v) is 3.96. The van der Waals surface area contributed by atoms with Crippen LogP contribution in [0.15, 0.2) is 30.5 Å². The summed E-state index contributed by atoms with van der Waals surface area (Å²) in [5.41, 5.74) is 2.77. The summed E-state index contributed by atoms with van der Waals surface area (Å²) in [4.78, 5) is 0. The largest absolute Gasteiger partial charge is 0.313 e. The Balaban J connectivity index is 2.18. The fourth-order valence-corrected chi connectivity index (χ4v) is 1.74. The van der Waals surface area contributed by atoms with Crippen LogP contribution in [0.4, 0.5) is 4.39 Å². The zero-order valence-electron chi connectivity index (χ0n) is 9.83. The molecule has 90 valence electrons. The molecule has 0 aliphatic heterocycles. The Morgan fingerprint density at radius 1 is 1.41 bits per heavy atom. The summed E-state index contributed by atoms with van der Waals surface area (Å²) >= 11 is 0. The molecule has 0 aliphatic carbocycles. The molecule has 1 aromatic carbocycles. The van der Waals surface area contributed by atoms with Gasteiger partial charge in [0.1, 0.15) is 5.82 Å². The number of rotatable bonds is 5. The van der Waals surface area contributed by atoms with Gasteiger partial charge in [0, 0.05) is 17.7 Å². The minimum atomic E-state index is -0.232. The average molecular weight is 233 g/mol. The number of hydrogen-bond acceptors (Lipinski definition) is 2. The van der Waals surface area contributed by atoms with E-state index < -0.39 is 0 Å². The van der Waals surface area contributed by atoms with E-state index >= 15 is 0 Å². The monoisotopic (exact) mass is 233 g/mol. The van der Waals surface area contributed by atoms with E-state index in [1.165, 1.54) is 12.1 Å². The first kappa shape index (κ1) is 11.8. The minimum absolute atomic E-state index is 0.232. The number of nitrogens with zero attached hydrogens (tertiary/aromatic N) is 1. The maximum atomic E-state index is 13.1. The summed E-state index contributed by atoms with van der Waals surface area (Å²) in [6.45, 7) is 3.83. The number of aromatic nitrogens is 2. The van der Waals surface area contributed by atoms with Crippen LogP contribution in [0.2, 0.25) is 0 Å². The van der Waals surface area contributed by atoms with Crippen LogP contribution in [0.5, 0.6) is 0 Å². The van der Waals surface area contributed by atoms with Gasteiger partial charge in [-0.1, -0.05) is 19.1 Å². The van der Waals surface area contributed by atoms with Gasteiger partial charge in [-0.2, -0.15) is 5.10 Å². The zero-order valence-corrected chi connectivity index (χ0v) is 9.83. The molecule has 0 radical (unpaired) electrons. The van der Waals surface area contributed by atoms with Crippen molar-refractivity contribution in [2.24, 2.45) is 0 Å². The summed E-state index contributed by atoms with van der Waals surface area (Å²) < 4.78 is 13.1. The number of halogens is 1. The molecule has 0 unspecified atom stereocenters. The van der Waals surface area contributed by atoms with E-state index in [1.54, 1.807) is 12.3 Å². The first-order valence-electron chi connectivity index (χ1n) is 5.80. The molecule has 0 spiro atoms. The SMILES string of the molecule is CCCNCc1cn[nH]c1-c1cccc(F)c1. The van der Waals surface area contributed by atoms with Crippen LogP contribution in [-0.2, 0) is 6.54 Å². The highest BCUT2D eigenvalue weighted by Crippen LogP contribution is 2.21. The van der Waals surface area contributed by atoms with Gasteiger partial charge in [0.05, 0.1) is 11.9 Å². The molecular formula is C13H16FN3. The molecule has 0 saturated carbocycles. The topological polar surface area (TPSA) is 40.7 Å². The molecule has 0 aliphatic rings. The molecule has 3 nitrogen and oxygen atoms in total. The number of nitrogens with one attached hydrogen (secondary N) is 2. The zero-order chi connectivity index (χ0) is 12.1. The predicted molar refractivity (Wildman–Crippen MR) is 66.0 cm³/mol. The molecule has 0 fully saturated rings. The number of H-pyrrole nitrogens is 1. The average Bonchev–Trinajstić information content (AvgIpc) is 2.78. The molecular weight excluding hydrogens is 217 g/mol. The normalized spacial score (nSPS) is 10.7. The van der Waals surface area contributed by atoms with Gasteiger partial charge >= 0.3 is 0 Å². The highest BCUT2D eigenvalue weighted by Gasteiger charge is 2.07. The lowest BCUT2D eigenvalue weighted by Gasteiger charge is -2.04. The highest BCUT2D eigenvalue weighted by molar-refractivity contribution is 5.62. The van der Waals surface area contributed by atoms with E-state index in [1.807, 2.05) is 6.07 Å². The van der Waals surface area contributed by atoms with Crippen molar-refractivity contribution in [1.29, 1.82) is 0 Å². The van der Waals surface area contributed by atoms with Crippen LogP contribution in [0.3, 0.4) is 0 Å². The van der Waals surface area contributed by atoms with Gasteiger partial charge in [-0.15, -0.1) is 0 Å². The molecule has 17 heavy (non-hydrogen) atoms. The van der Waals surface area contributed by atoms with E-state index in [0.717, 1.165) is 36.3 Å². The van der Waals surface area contributed by atoms with Crippen molar-refractivity contribution >= 4 is 0 Å². The number of hydrogen-bond donors (Lipinski definition) is 2. The smallest absolute Gasteiger partial charge is 0.123 e. The van der Waals surface area contributed by atoms with Crippen molar-refractivity contribution in [2.75, 3.05) is 6.54 Å². The Labute approximate surface area is 100 Å². The summed E-state index contributed by atoms with van der Waals surface area (Å²) in [6.07, 6.45) is 2.87. The van der Waals surface area contributed by atoms with Crippen LogP contribution in [0.1, 0.15) is 18.9 Å². The second kappa shape index (κ2) is 5.59. The van der Waals surface area contributed by atoms with Crippen LogP contribution in [0, 0.1) is 5.82 Å². The quantitative estimate of drug-likeness (QED) is 0.779. The Morgan fingerprint density at radius 2 is 2.29 bits per heavy atom. The number of aromatic amines is 1. The van der Waals surface area contributed by atoms with Crippen molar-refractivity contribution in [2.45, 2.75) is 19.9 Å². The Kier molecular flexibility index (Phi) is 3.88. The molecule has 4 heteroatoms. The summed E-state index contributed by atoms with van der Waals surface area (Å²) in [5.74, 6) is -0.232. The molecule has 2 aromatic rings. The fraction of sp³-hybridized carbons (Fsp3) is 0.308. The van der Waals surface area contributed by atoms with Gasteiger partial charge in [-0.05, 0) is 25.1 Å². The maximum Gasteiger partial charge on any atom is 0.123 e.